The second-order valence-corrected chi connectivity index (χ2v) is 2.82. The molecule has 0 aliphatic carbocycles. The molecule has 0 amide bonds. The van der Waals surface area contributed by atoms with Gasteiger partial charge in [-0.25, -0.2) is 0 Å². The van der Waals surface area contributed by atoms with Crippen molar-refractivity contribution < 1.29 is 14.6 Å². The van der Waals surface area contributed by atoms with Gasteiger partial charge in [0.15, 0.2) is 23.2 Å². The number of hydrogen-bond acceptors (Lipinski definition) is 5. The zero-order valence-corrected chi connectivity index (χ0v) is 7.22. The van der Waals surface area contributed by atoms with Gasteiger partial charge in [-0.3, -0.25) is 0 Å². The molecule has 1 rings (SSSR count). The number of ether oxygens (including phenoxy) is 2. The number of nitriles is 1. The van der Waals surface area contributed by atoms with E-state index in [9.17, 15) is 0 Å². The number of aromatic hydroxyl groups is 1. The molecule has 0 aliphatic heterocycles. The van der Waals surface area contributed by atoms with Gasteiger partial charge < -0.3 is 14.6 Å². The first-order chi connectivity index (χ1) is 5.79. The number of hydrogen-bond donors (Lipinski definition) is 1. The lowest BCUT2D eigenvalue weighted by Crippen LogP contribution is -1.98. The number of nitrogens with zero attached hydrogens (tertiary/aromatic N) is 1. The van der Waals surface area contributed by atoms with Crippen LogP contribution in [0.5, 0.6) is 11.5 Å². The molecule has 0 atom stereocenters. The number of thiophene rings is 1. The second kappa shape index (κ2) is 3.95. The first-order valence-corrected chi connectivity index (χ1v) is 4.00. The molecule has 0 saturated heterocycles. The minimum atomic E-state index is -0.0198. The Morgan fingerprint density at radius 3 is 3.08 bits per heavy atom. The molecule has 1 aromatic heterocycles. The molecule has 0 spiro atoms. The van der Waals surface area contributed by atoms with Gasteiger partial charge in [0.1, 0.15) is 6.07 Å². The van der Waals surface area contributed by atoms with Crippen molar-refractivity contribution in [3.8, 4) is 17.6 Å². The summed E-state index contributed by atoms with van der Waals surface area (Å²) >= 11 is 1.13. The molecular formula is C7H7NO3S. The topological polar surface area (TPSA) is 62.5 Å². The standard InChI is InChI=1S/C7H7NO3S/c1-10-4-11-7-5(9)3-12-6(7)2-8/h3,9H,4H2,1H3. The third-order valence-electron chi connectivity index (χ3n) is 1.15. The number of rotatable bonds is 3. The van der Waals surface area contributed by atoms with Gasteiger partial charge in [-0.15, -0.1) is 11.3 Å². The summed E-state index contributed by atoms with van der Waals surface area (Å²) in [5, 5.41) is 19.2. The maximum Gasteiger partial charge on any atom is 0.192 e. The summed E-state index contributed by atoms with van der Waals surface area (Å²) in [6.07, 6.45) is 0. The highest BCUT2D eigenvalue weighted by atomic mass is 32.1. The molecule has 0 aromatic carbocycles. The normalized spacial score (nSPS) is 9.33. The highest BCUT2D eigenvalue weighted by Gasteiger charge is 2.11. The third-order valence-corrected chi connectivity index (χ3v) is 2.00. The van der Waals surface area contributed by atoms with Gasteiger partial charge in [-0.2, -0.15) is 5.26 Å². The lowest BCUT2D eigenvalue weighted by Gasteiger charge is -2.02. The predicted molar refractivity (Wildman–Crippen MR) is 43.2 cm³/mol. The van der Waals surface area contributed by atoms with E-state index >= 15 is 0 Å². The van der Waals surface area contributed by atoms with Crippen LogP contribution in [0.25, 0.3) is 0 Å². The van der Waals surface area contributed by atoms with Crippen molar-refractivity contribution in [1.29, 1.82) is 5.26 Å². The van der Waals surface area contributed by atoms with E-state index in [1.165, 1.54) is 12.5 Å². The van der Waals surface area contributed by atoms with Crippen LogP contribution in [0, 0.1) is 11.3 Å². The molecule has 1 heterocycles. The molecule has 1 aromatic rings. The zero-order chi connectivity index (χ0) is 8.97. The Bertz CT molecular complexity index is 302. The Hall–Kier alpha value is -1.25. The molecule has 4 nitrogen and oxygen atoms in total. The van der Waals surface area contributed by atoms with Crippen molar-refractivity contribution in [2.45, 2.75) is 0 Å². The summed E-state index contributed by atoms with van der Waals surface area (Å²) in [5.41, 5.74) is 0. The van der Waals surface area contributed by atoms with Crippen LogP contribution < -0.4 is 4.74 Å². The summed E-state index contributed by atoms with van der Waals surface area (Å²) in [6, 6.07) is 1.90. The Balaban J connectivity index is 2.81. The summed E-state index contributed by atoms with van der Waals surface area (Å²) in [4.78, 5) is 0.351. The van der Waals surface area contributed by atoms with Crippen LogP contribution in [0.2, 0.25) is 0 Å². The third kappa shape index (κ3) is 1.67. The maximum absolute atomic E-state index is 9.17. The SMILES string of the molecule is COCOc1c(O)csc1C#N. The molecule has 0 fully saturated rings. The van der Waals surface area contributed by atoms with Crippen molar-refractivity contribution in [2.75, 3.05) is 13.9 Å². The van der Waals surface area contributed by atoms with Crippen molar-refractivity contribution in [2.24, 2.45) is 0 Å². The fourth-order valence-corrected chi connectivity index (χ4v) is 1.33. The summed E-state index contributed by atoms with van der Waals surface area (Å²) in [7, 11) is 1.47. The van der Waals surface area contributed by atoms with Gasteiger partial charge in [0.25, 0.3) is 0 Å². The molecule has 64 valence electrons. The van der Waals surface area contributed by atoms with Crippen LogP contribution >= 0.6 is 11.3 Å². The molecule has 0 aliphatic rings. The van der Waals surface area contributed by atoms with Crippen LogP contribution in [-0.2, 0) is 4.74 Å². The second-order valence-electron chi connectivity index (χ2n) is 1.94. The van der Waals surface area contributed by atoms with E-state index in [0.29, 0.717) is 4.88 Å². The molecule has 1 N–H and O–H groups in total. The van der Waals surface area contributed by atoms with Crippen molar-refractivity contribution in [1.82, 2.24) is 0 Å². The van der Waals surface area contributed by atoms with Crippen LogP contribution in [0.3, 0.4) is 0 Å². The summed E-state index contributed by atoms with van der Waals surface area (Å²) < 4.78 is 9.60. The van der Waals surface area contributed by atoms with Crippen molar-refractivity contribution in [3.63, 3.8) is 0 Å². The van der Waals surface area contributed by atoms with E-state index < -0.39 is 0 Å². The van der Waals surface area contributed by atoms with Crippen LogP contribution in [0.15, 0.2) is 5.38 Å². The molecule has 0 radical (unpaired) electrons. The molecule has 0 bridgehead atoms. The van der Waals surface area contributed by atoms with E-state index in [-0.39, 0.29) is 18.3 Å². The first-order valence-electron chi connectivity index (χ1n) is 3.12. The van der Waals surface area contributed by atoms with Crippen LogP contribution in [-0.4, -0.2) is 19.0 Å². The smallest absolute Gasteiger partial charge is 0.192 e. The van der Waals surface area contributed by atoms with Crippen molar-refractivity contribution in [3.05, 3.63) is 10.3 Å². The van der Waals surface area contributed by atoms with Gasteiger partial charge >= 0.3 is 0 Å². The first kappa shape index (κ1) is 8.84. The Kier molecular flexibility index (Phi) is 2.91. The van der Waals surface area contributed by atoms with E-state index in [1.54, 1.807) is 0 Å². The zero-order valence-electron chi connectivity index (χ0n) is 6.40. The predicted octanol–water partition coefficient (Wildman–Crippen LogP) is 1.31. The highest BCUT2D eigenvalue weighted by molar-refractivity contribution is 7.11. The quantitative estimate of drug-likeness (QED) is 0.721. The van der Waals surface area contributed by atoms with Gasteiger partial charge in [0.05, 0.1) is 0 Å². The van der Waals surface area contributed by atoms with E-state index in [2.05, 4.69) is 4.74 Å². The lowest BCUT2D eigenvalue weighted by atomic mass is 10.4. The van der Waals surface area contributed by atoms with E-state index in [4.69, 9.17) is 15.1 Å². The van der Waals surface area contributed by atoms with Crippen LogP contribution in [0.1, 0.15) is 4.88 Å². The summed E-state index contributed by atoms with van der Waals surface area (Å²) in [5.74, 6) is 0.179. The largest absolute Gasteiger partial charge is 0.504 e. The van der Waals surface area contributed by atoms with Gasteiger partial charge in [0.2, 0.25) is 0 Å². The molecule has 5 heteroatoms. The van der Waals surface area contributed by atoms with E-state index in [1.807, 2.05) is 6.07 Å². The molecule has 0 unspecified atom stereocenters. The van der Waals surface area contributed by atoms with Gasteiger partial charge in [-0.05, 0) is 0 Å². The molecule has 12 heavy (non-hydrogen) atoms. The molecular weight excluding hydrogens is 178 g/mol. The average molecular weight is 185 g/mol. The van der Waals surface area contributed by atoms with Gasteiger partial charge in [-0.1, -0.05) is 0 Å². The lowest BCUT2D eigenvalue weighted by molar-refractivity contribution is 0.0494. The van der Waals surface area contributed by atoms with Crippen molar-refractivity contribution >= 4 is 11.3 Å². The fraction of sp³-hybridized carbons (Fsp3) is 0.286. The monoisotopic (exact) mass is 185 g/mol. The van der Waals surface area contributed by atoms with Crippen LogP contribution in [0.4, 0.5) is 0 Å². The maximum atomic E-state index is 9.17. The minimum absolute atomic E-state index is 0.0198. The Morgan fingerprint density at radius 1 is 1.75 bits per heavy atom. The Labute approximate surface area is 73.6 Å². The highest BCUT2D eigenvalue weighted by Crippen LogP contribution is 2.35. The summed E-state index contributed by atoms with van der Waals surface area (Å²) in [6.45, 7) is 0.0268. The minimum Gasteiger partial charge on any atom is -0.504 e. The fourth-order valence-electron chi connectivity index (χ4n) is 0.673. The van der Waals surface area contributed by atoms with E-state index in [0.717, 1.165) is 11.3 Å². The molecule has 0 saturated carbocycles. The van der Waals surface area contributed by atoms with Gasteiger partial charge in [0, 0.05) is 12.5 Å². The Morgan fingerprint density at radius 2 is 2.50 bits per heavy atom. The average Bonchev–Trinajstić information content (AvgIpc) is 2.43. The number of methoxy groups -OCH3 is 1.